The van der Waals surface area contributed by atoms with Gasteiger partial charge in [0.1, 0.15) is 18.5 Å². The lowest BCUT2D eigenvalue weighted by Crippen LogP contribution is -2.10. The Balaban J connectivity index is 1.87. The Morgan fingerprint density at radius 1 is 1.28 bits per heavy atom. The summed E-state index contributed by atoms with van der Waals surface area (Å²) in [4.78, 5) is 11.1. The van der Waals surface area contributed by atoms with Crippen LogP contribution >= 0.6 is 0 Å². The van der Waals surface area contributed by atoms with Crippen LogP contribution in [0.2, 0.25) is 0 Å². The zero-order chi connectivity index (χ0) is 12.5. The largest absolute Gasteiger partial charge is 0.491 e. The third-order valence-corrected chi connectivity index (χ3v) is 2.93. The van der Waals surface area contributed by atoms with Crippen LogP contribution in [0.4, 0.5) is 0 Å². The normalized spacial score (nSPS) is 17.7. The monoisotopic (exact) mass is 243 g/mol. The maximum absolute atomic E-state index is 11.1. The van der Waals surface area contributed by atoms with E-state index in [0.29, 0.717) is 12.2 Å². The van der Waals surface area contributed by atoms with E-state index in [2.05, 4.69) is 0 Å². The molecule has 1 aliphatic heterocycles. The molecule has 1 fully saturated rings. The van der Waals surface area contributed by atoms with Crippen molar-refractivity contribution >= 4 is 16.7 Å². The number of fused-ring (bicyclic) bond motifs is 1. The first kappa shape index (κ1) is 11.0. The van der Waals surface area contributed by atoms with Crippen molar-refractivity contribution in [2.45, 2.75) is 6.10 Å². The Kier molecular flexibility index (Phi) is 2.64. The molecule has 0 radical (unpaired) electrons. The molecule has 0 saturated carbocycles. The van der Waals surface area contributed by atoms with Gasteiger partial charge in [-0.25, -0.2) is 0 Å². The summed E-state index contributed by atoms with van der Waals surface area (Å²) in [6.45, 7) is 1.38. The van der Waals surface area contributed by atoms with Gasteiger partial charge in [-0.1, -0.05) is 12.1 Å². The highest BCUT2D eigenvalue weighted by Gasteiger charge is 2.22. The van der Waals surface area contributed by atoms with Gasteiger partial charge in [0.25, 0.3) is 0 Å². The highest BCUT2D eigenvalue weighted by molar-refractivity contribution is 5.97. The number of benzene rings is 2. The van der Waals surface area contributed by atoms with Gasteiger partial charge in [-0.05, 0) is 35.0 Å². The van der Waals surface area contributed by atoms with E-state index < -0.39 is 5.91 Å². The summed E-state index contributed by atoms with van der Waals surface area (Å²) >= 11 is 0. The summed E-state index contributed by atoms with van der Waals surface area (Å²) < 4.78 is 10.7. The maximum Gasteiger partial charge on any atom is 0.248 e. The van der Waals surface area contributed by atoms with Gasteiger partial charge >= 0.3 is 0 Å². The van der Waals surface area contributed by atoms with Gasteiger partial charge in [0.2, 0.25) is 5.91 Å². The Labute approximate surface area is 104 Å². The summed E-state index contributed by atoms with van der Waals surface area (Å²) in [5.74, 6) is 0.396. The average Bonchev–Trinajstić information content (AvgIpc) is 3.19. The molecule has 1 amide bonds. The van der Waals surface area contributed by atoms with Crippen molar-refractivity contribution in [2.75, 3.05) is 13.2 Å². The van der Waals surface area contributed by atoms with Crippen LogP contribution in [0.3, 0.4) is 0 Å². The van der Waals surface area contributed by atoms with Crippen molar-refractivity contribution in [3.05, 3.63) is 42.0 Å². The number of primary amides is 1. The standard InChI is InChI=1S/C14H13NO3/c15-14(16)11-2-1-10-6-12(4-3-9(10)5-11)17-7-13-8-18-13/h1-6,13H,7-8H2,(H2,15,16). The minimum absolute atomic E-state index is 0.248. The van der Waals surface area contributed by atoms with E-state index in [4.69, 9.17) is 15.2 Å². The fraction of sp³-hybridized carbons (Fsp3) is 0.214. The van der Waals surface area contributed by atoms with Gasteiger partial charge in [0.05, 0.1) is 6.61 Å². The first-order chi connectivity index (χ1) is 8.72. The topological polar surface area (TPSA) is 64.9 Å². The smallest absolute Gasteiger partial charge is 0.248 e. The Morgan fingerprint density at radius 2 is 2.00 bits per heavy atom. The van der Waals surface area contributed by atoms with Crippen molar-refractivity contribution < 1.29 is 14.3 Å². The van der Waals surface area contributed by atoms with E-state index in [1.807, 2.05) is 24.3 Å². The van der Waals surface area contributed by atoms with E-state index >= 15 is 0 Å². The third-order valence-electron chi connectivity index (χ3n) is 2.93. The van der Waals surface area contributed by atoms with Crippen molar-refractivity contribution in [3.63, 3.8) is 0 Å². The molecule has 4 heteroatoms. The van der Waals surface area contributed by atoms with Gasteiger partial charge in [0.15, 0.2) is 0 Å². The lowest BCUT2D eigenvalue weighted by atomic mass is 10.1. The number of ether oxygens (including phenoxy) is 2. The lowest BCUT2D eigenvalue weighted by molar-refractivity contribution is 0.100. The first-order valence-electron chi connectivity index (χ1n) is 5.80. The summed E-state index contributed by atoms with van der Waals surface area (Å²) in [5.41, 5.74) is 5.76. The highest BCUT2D eigenvalue weighted by Crippen LogP contribution is 2.23. The summed E-state index contributed by atoms with van der Waals surface area (Å²) in [7, 11) is 0. The molecule has 2 aromatic rings. The maximum atomic E-state index is 11.1. The molecule has 4 nitrogen and oxygen atoms in total. The van der Waals surface area contributed by atoms with E-state index in [0.717, 1.165) is 23.1 Å². The first-order valence-corrected chi connectivity index (χ1v) is 5.80. The number of amides is 1. The number of nitrogens with two attached hydrogens (primary N) is 1. The Bertz CT molecular complexity index is 605. The van der Waals surface area contributed by atoms with E-state index in [1.165, 1.54) is 0 Å². The van der Waals surface area contributed by atoms with Crippen LogP contribution in [-0.4, -0.2) is 25.2 Å². The van der Waals surface area contributed by atoms with Gasteiger partial charge in [-0.2, -0.15) is 0 Å². The van der Waals surface area contributed by atoms with Crippen LogP contribution in [0, 0.1) is 0 Å². The minimum atomic E-state index is -0.414. The molecule has 2 N–H and O–H groups in total. The Hall–Kier alpha value is -2.07. The van der Waals surface area contributed by atoms with Gasteiger partial charge in [0, 0.05) is 5.56 Å². The molecule has 1 unspecified atom stereocenters. The lowest BCUT2D eigenvalue weighted by Gasteiger charge is -2.06. The number of rotatable bonds is 4. The molecule has 0 aromatic heterocycles. The molecule has 0 aliphatic carbocycles. The predicted octanol–water partition coefficient (Wildman–Crippen LogP) is 1.72. The van der Waals surface area contributed by atoms with Crippen LogP contribution in [0.25, 0.3) is 10.8 Å². The molecular formula is C14H13NO3. The second kappa shape index (κ2) is 4.31. The fourth-order valence-corrected chi connectivity index (χ4v) is 1.82. The molecular weight excluding hydrogens is 230 g/mol. The van der Waals surface area contributed by atoms with E-state index in [9.17, 15) is 4.79 Å². The molecule has 92 valence electrons. The number of hydrogen-bond donors (Lipinski definition) is 1. The van der Waals surface area contributed by atoms with Crippen LogP contribution in [0.15, 0.2) is 36.4 Å². The summed E-state index contributed by atoms with van der Waals surface area (Å²) in [6.07, 6.45) is 0.248. The third kappa shape index (κ3) is 2.28. The molecule has 3 rings (SSSR count). The molecule has 18 heavy (non-hydrogen) atoms. The van der Waals surface area contributed by atoms with Gasteiger partial charge in [-0.3, -0.25) is 4.79 Å². The molecule has 1 heterocycles. The van der Waals surface area contributed by atoms with Crippen LogP contribution < -0.4 is 10.5 Å². The van der Waals surface area contributed by atoms with Crippen molar-refractivity contribution in [3.8, 4) is 5.75 Å². The number of epoxide rings is 1. The zero-order valence-corrected chi connectivity index (χ0v) is 9.76. The molecule has 1 atom stereocenters. The van der Waals surface area contributed by atoms with Crippen molar-refractivity contribution in [1.29, 1.82) is 0 Å². The molecule has 1 saturated heterocycles. The summed E-state index contributed by atoms with van der Waals surface area (Å²) in [6, 6.07) is 11.1. The second-order valence-electron chi connectivity index (χ2n) is 4.35. The quantitative estimate of drug-likeness (QED) is 0.831. The number of hydrogen-bond acceptors (Lipinski definition) is 3. The van der Waals surface area contributed by atoms with Crippen LogP contribution in [0.5, 0.6) is 5.75 Å². The van der Waals surface area contributed by atoms with Gasteiger partial charge < -0.3 is 15.2 Å². The molecule has 2 aromatic carbocycles. The summed E-state index contributed by atoms with van der Waals surface area (Å²) in [5, 5.41) is 2.00. The van der Waals surface area contributed by atoms with Crippen molar-refractivity contribution in [2.24, 2.45) is 5.73 Å². The van der Waals surface area contributed by atoms with Crippen molar-refractivity contribution in [1.82, 2.24) is 0 Å². The molecule has 0 bridgehead atoms. The van der Waals surface area contributed by atoms with E-state index in [-0.39, 0.29) is 6.10 Å². The fourth-order valence-electron chi connectivity index (χ4n) is 1.82. The second-order valence-corrected chi connectivity index (χ2v) is 4.35. The predicted molar refractivity (Wildman–Crippen MR) is 67.7 cm³/mol. The van der Waals surface area contributed by atoms with Gasteiger partial charge in [-0.15, -0.1) is 0 Å². The number of carbonyl (C=O) groups excluding carboxylic acids is 1. The van der Waals surface area contributed by atoms with Crippen LogP contribution in [-0.2, 0) is 4.74 Å². The minimum Gasteiger partial charge on any atom is -0.491 e. The zero-order valence-electron chi connectivity index (χ0n) is 9.76. The van der Waals surface area contributed by atoms with Crippen LogP contribution in [0.1, 0.15) is 10.4 Å². The van der Waals surface area contributed by atoms with E-state index in [1.54, 1.807) is 12.1 Å². The SMILES string of the molecule is NC(=O)c1ccc2cc(OCC3CO3)ccc2c1. The molecule has 0 spiro atoms. The number of carbonyl (C=O) groups is 1. The highest BCUT2D eigenvalue weighted by atomic mass is 16.6. The molecule has 1 aliphatic rings. The Morgan fingerprint density at radius 3 is 2.72 bits per heavy atom. The average molecular weight is 243 g/mol.